The Morgan fingerprint density at radius 1 is 1.30 bits per heavy atom. The fourth-order valence-corrected chi connectivity index (χ4v) is 2.12. The quantitative estimate of drug-likeness (QED) is 0.821. The summed E-state index contributed by atoms with van der Waals surface area (Å²) in [6.07, 6.45) is 5.88. The van der Waals surface area contributed by atoms with Gasteiger partial charge in [-0.3, -0.25) is 9.88 Å². The molecule has 0 spiro atoms. The molecule has 1 N–H and O–H groups in total. The standard InChI is InChI=1S/C14H18N4O2/c19-7-6-18(9-11-2-1-5-15-8-11)10-13-16-17-14(20-13)12-3-4-12/h1-2,5,8,12,19H,3-4,6-7,9-10H2. The Hall–Kier alpha value is -1.79. The lowest BCUT2D eigenvalue weighted by Gasteiger charge is -2.19. The van der Waals surface area contributed by atoms with Gasteiger partial charge < -0.3 is 9.52 Å². The molecule has 0 unspecified atom stereocenters. The van der Waals surface area contributed by atoms with Gasteiger partial charge in [-0.15, -0.1) is 10.2 Å². The molecule has 1 saturated carbocycles. The highest BCUT2D eigenvalue weighted by Gasteiger charge is 2.29. The Morgan fingerprint density at radius 3 is 2.90 bits per heavy atom. The summed E-state index contributed by atoms with van der Waals surface area (Å²) in [6, 6.07) is 3.92. The van der Waals surface area contributed by atoms with E-state index < -0.39 is 0 Å². The maximum atomic E-state index is 9.17. The lowest BCUT2D eigenvalue weighted by Crippen LogP contribution is -2.26. The summed E-state index contributed by atoms with van der Waals surface area (Å²) >= 11 is 0. The third-order valence-electron chi connectivity index (χ3n) is 3.31. The van der Waals surface area contributed by atoms with Crippen LogP contribution >= 0.6 is 0 Å². The number of nitrogens with zero attached hydrogens (tertiary/aromatic N) is 4. The molecule has 1 aliphatic rings. The Morgan fingerprint density at radius 2 is 2.20 bits per heavy atom. The van der Waals surface area contributed by atoms with Crippen LogP contribution in [-0.2, 0) is 13.1 Å². The van der Waals surface area contributed by atoms with Crippen LogP contribution in [0.5, 0.6) is 0 Å². The number of hydrogen-bond acceptors (Lipinski definition) is 6. The highest BCUT2D eigenvalue weighted by atomic mass is 16.4. The number of rotatable bonds is 7. The molecule has 2 aromatic rings. The van der Waals surface area contributed by atoms with Gasteiger partial charge in [0.2, 0.25) is 11.8 Å². The summed E-state index contributed by atoms with van der Waals surface area (Å²) in [6.45, 7) is 1.92. The second-order valence-corrected chi connectivity index (χ2v) is 5.10. The zero-order valence-corrected chi connectivity index (χ0v) is 11.3. The third kappa shape index (κ3) is 3.40. The third-order valence-corrected chi connectivity index (χ3v) is 3.31. The van der Waals surface area contributed by atoms with Crippen molar-refractivity contribution in [3.05, 3.63) is 41.9 Å². The fourth-order valence-electron chi connectivity index (χ4n) is 2.12. The van der Waals surface area contributed by atoms with E-state index in [1.54, 1.807) is 6.20 Å². The maximum Gasteiger partial charge on any atom is 0.230 e. The van der Waals surface area contributed by atoms with E-state index in [0.717, 1.165) is 24.3 Å². The molecule has 2 heterocycles. The molecule has 0 atom stereocenters. The first kappa shape index (κ1) is 13.2. The summed E-state index contributed by atoms with van der Waals surface area (Å²) in [5.41, 5.74) is 1.10. The minimum absolute atomic E-state index is 0.101. The molecule has 0 amide bonds. The molecular weight excluding hydrogens is 256 g/mol. The lowest BCUT2D eigenvalue weighted by molar-refractivity contribution is 0.171. The second-order valence-electron chi connectivity index (χ2n) is 5.10. The molecule has 1 fully saturated rings. The number of aliphatic hydroxyl groups is 1. The molecule has 2 aromatic heterocycles. The van der Waals surface area contributed by atoms with Crippen LogP contribution in [0.1, 0.15) is 36.1 Å². The first-order chi connectivity index (χ1) is 9.85. The average Bonchev–Trinajstić information content (AvgIpc) is 3.21. The van der Waals surface area contributed by atoms with Gasteiger partial charge >= 0.3 is 0 Å². The van der Waals surface area contributed by atoms with Gasteiger partial charge in [-0.2, -0.15) is 0 Å². The Bertz CT molecular complexity index is 539. The van der Waals surface area contributed by atoms with E-state index in [-0.39, 0.29) is 6.61 Å². The van der Waals surface area contributed by atoms with Gasteiger partial charge in [0.1, 0.15) is 0 Å². The van der Waals surface area contributed by atoms with Gasteiger partial charge in [0, 0.05) is 31.4 Å². The molecular formula is C14H18N4O2. The SMILES string of the molecule is OCCN(Cc1cccnc1)Cc1nnc(C2CC2)o1. The minimum Gasteiger partial charge on any atom is -0.424 e. The molecule has 6 heteroatoms. The van der Waals surface area contributed by atoms with Crippen molar-refractivity contribution in [3.8, 4) is 0 Å². The first-order valence-corrected chi connectivity index (χ1v) is 6.89. The number of pyridine rings is 1. The second kappa shape index (κ2) is 6.11. The minimum atomic E-state index is 0.101. The average molecular weight is 274 g/mol. The molecule has 0 radical (unpaired) electrons. The van der Waals surface area contributed by atoms with Crippen molar-refractivity contribution in [2.75, 3.05) is 13.2 Å². The van der Waals surface area contributed by atoms with Gasteiger partial charge in [0.05, 0.1) is 13.2 Å². The molecule has 0 bridgehead atoms. The number of aliphatic hydroxyl groups excluding tert-OH is 1. The van der Waals surface area contributed by atoms with Crippen LogP contribution in [0.25, 0.3) is 0 Å². The van der Waals surface area contributed by atoms with Crippen LogP contribution in [0.2, 0.25) is 0 Å². The van der Waals surface area contributed by atoms with Gasteiger partial charge in [0.15, 0.2) is 0 Å². The van der Waals surface area contributed by atoms with Crippen molar-refractivity contribution < 1.29 is 9.52 Å². The zero-order chi connectivity index (χ0) is 13.8. The largest absolute Gasteiger partial charge is 0.424 e. The van der Waals surface area contributed by atoms with E-state index in [1.165, 1.54) is 0 Å². The smallest absolute Gasteiger partial charge is 0.230 e. The predicted octanol–water partition coefficient (Wildman–Crippen LogP) is 1.34. The van der Waals surface area contributed by atoms with Crippen molar-refractivity contribution in [2.45, 2.75) is 31.8 Å². The zero-order valence-electron chi connectivity index (χ0n) is 11.3. The summed E-state index contributed by atoms with van der Waals surface area (Å²) in [7, 11) is 0. The van der Waals surface area contributed by atoms with E-state index in [2.05, 4.69) is 20.1 Å². The van der Waals surface area contributed by atoms with E-state index in [1.807, 2.05) is 18.3 Å². The molecule has 0 aliphatic heterocycles. The number of hydrogen-bond donors (Lipinski definition) is 1. The monoisotopic (exact) mass is 274 g/mol. The Balaban J connectivity index is 1.63. The number of aromatic nitrogens is 3. The molecule has 1 aliphatic carbocycles. The van der Waals surface area contributed by atoms with Crippen LogP contribution in [0, 0.1) is 0 Å². The van der Waals surface area contributed by atoms with Crippen molar-refractivity contribution in [2.24, 2.45) is 0 Å². The van der Waals surface area contributed by atoms with Crippen LogP contribution in [-0.4, -0.2) is 38.3 Å². The summed E-state index contributed by atoms with van der Waals surface area (Å²) in [5.74, 6) is 1.84. The molecule has 0 saturated heterocycles. The van der Waals surface area contributed by atoms with Gasteiger partial charge in [-0.25, -0.2) is 0 Å². The molecule has 6 nitrogen and oxygen atoms in total. The summed E-state index contributed by atoms with van der Waals surface area (Å²) in [5, 5.41) is 17.3. The molecule has 0 aromatic carbocycles. The summed E-state index contributed by atoms with van der Waals surface area (Å²) in [4.78, 5) is 6.17. The van der Waals surface area contributed by atoms with E-state index in [4.69, 9.17) is 4.42 Å². The first-order valence-electron chi connectivity index (χ1n) is 6.89. The Kier molecular flexibility index (Phi) is 4.03. The van der Waals surface area contributed by atoms with Gasteiger partial charge in [0.25, 0.3) is 0 Å². The molecule has 20 heavy (non-hydrogen) atoms. The summed E-state index contributed by atoms with van der Waals surface area (Å²) < 4.78 is 5.66. The highest BCUT2D eigenvalue weighted by Crippen LogP contribution is 2.39. The van der Waals surface area contributed by atoms with E-state index in [9.17, 15) is 5.11 Å². The Labute approximate surface area is 117 Å². The molecule has 3 rings (SSSR count). The van der Waals surface area contributed by atoms with E-state index >= 15 is 0 Å². The van der Waals surface area contributed by atoms with Gasteiger partial charge in [-0.05, 0) is 24.5 Å². The normalized spacial score (nSPS) is 14.9. The van der Waals surface area contributed by atoms with Crippen molar-refractivity contribution >= 4 is 0 Å². The predicted molar refractivity (Wildman–Crippen MR) is 71.7 cm³/mol. The van der Waals surface area contributed by atoms with Crippen LogP contribution < -0.4 is 0 Å². The maximum absolute atomic E-state index is 9.17. The van der Waals surface area contributed by atoms with Crippen LogP contribution in [0.4, 0.5) is 0 Å². The van der Waals surface area contributed by atoms with Crippen LogP contribution in [0.15, 0.2) is 28.9 Å². The van der Waals surface area contributed by atoms with Crippen molar-refractivity contribution in [1.82, 2.24) is 20.1 Å². The van der Waals surface area contributed by atoms with Crippen molar-refractivity contribution in [1.29, 1.82) is 0 Å². The molecule has 106 valence electrons. The van der Waals surface area contributed by atoms with Crippen LogP contribution in [0.3, 0.4) is 0 Å². The lowest BCUT2D eigenvalue weighted by atomic mass is 10.2. The highest BCUT2D eigenvalue weighted by molar-refractivity contribution is 5.08. The topological polar surface area (TPSA) is 75.3 Å². The van der Waals surface area contributed by atoms with Crippen molar-refractivity contribution in [3.63, 3.8) is 0 Å². The van der Waals surface area contributed by atoms with Gasteiger partial charge in [-0.1, -0.05) is 6.07 Å². The fraction of sp³-hybridized carbons (Fsp3) is 0.500. The van der Waals surface area contributed by atoms with E-state index in [0.29, 0.717) is 31.4 Å².